The Bertz CT molecular complexity index is 295. The van der Waals surface area contributed by atoms with E-state index in [1.165, 1.54) is 0 Å². The second-order valence-corrected chi connectivity index (χ2v) is 4.31. The summed E-state index contributed by atoms with van der Waals surface area (Å²) in [4.78, 5) is 21.6. The Morgan fingerprint density at radius 1 is 1.26 bits per heavy atom. The number of carboxylic acid groups (broad SMARTS) is 1. The Morgan fingerprint density at radius 2 is 1.89 bits per heavy atom. The van der Waals surface area contributed by atoms with E-state index in [9.17, 15) is 22.8 Å². The lowest BCUT2D eigenvalue weighted by Gasteiger charge is -2.13. The molecular weight excluding hydrogens is 265 g/mol. The number of hydrogen-bond donors (Lipinski definition) is 3. The van der Waals surface area contributed by atoms with Crippen LogP contribution in [0.4, 0.5) is 18.0 Å². The zero-order valence-corrected chi connectivity index (χ0v) is 10.7. The van der Waals surface area contributed by atoms with Crippen LogP contribution in [0.25, 0.3) is 0 Å². The molecule has 0 bridgehead atoms. The van der Waals surface area contributed by atoms with Crippen LogP contribution in [0.3, 0.4) is 0 Å². The summed E-state index contributed by atoms with van der Waals surface area (Å²) in [7, 11) is 0. The zero-order chi connectivity index (χ0) is 14.9. The third-order valence-electron chi connectivity index (χ3n) is 2.34. The number of hydrogen-bond acceptors (Lipinski definition) is 2. The predicted octanol–water partition coefficient (Wildman–Crippen LogP) is 2.27. The lowest BCUT2D eigenvalue weighted by Crippen LogP contribution is -2.41. The van der Waals surface area contributed by atoms with Gasteiger partial charge < -0.3 is 15.7 Å². The highest BCUT2D eigenvalue weighted by molar-refractivity contribution is 5.74. The van der Waals surface area contributed by atoms with Crippen LogP contribution in [0.2, 0.25) is 0 Å². The summed E-state index contributed by atoms with van der Waals surface area (Å²) < 4.78 is 35.4. The number of halogens is 3. The van der Waals surface area contributed by atoms with Gasteiger partial charge in [0.1, 0.15) is 0 Å². The topological polar surface area (TPSA) is 78.4 Å². The maximum absolute atomic E-state index is 11.8. The molecule has 0 aliphatic heterocycles. The quantitative estimate of drug-likeness (QED) is 0.598. The highest BCUT2D eigenvalue weighted by Gasteiger charge is 2.25. The normalized spacial score (nSPS) is 12.8. The second kappa shape index (κ2) is 8.60. The van der Waals surface area contributed by atoms with Gasteiger partial charge in [0, 0.05) is 25.4 Å². The minimum Gasteiger partial charge on any atom is -0.481 e. The summed E-state index contributed by atoms with van der Waals surface area (Å²) in [6.07, 6.45) is -4.54. The third kappa shape index (κ3) is 12.8. The van der Waals surface area contributed by atoms with E-state index in [0.29, 0.717) is 6.42 Å². The molecule has 0 aromatic carbocycles. The first-order chi connectivity index (χ1) is 8.70. The van der Waals surface area contributed by atoms with Crippen molar-refractivity contribution in [1.82, 2.24) is 10.6 Å². The van der Waals surface area contributed by atoms with E-state index in [1.807, 2.05) is 0 Å². The Morgan fingerprint density at radius 3 is 2.42 bits per heavy atom. The molecule has 0 aliphatic carbocycles. The lowest BCUT2D eigenvalue weighted by atomic mass is 10.2. The van der Waals surface area contributed by atoms with Gasteiger partial charge in [0.25, 0.3) is 0 Å². The molecule has 0 spiro atoms. The van der Waals surface area contributed by atoms with Crippen molar-refractivity contribution >= 4 is 12.0 Å². The van der Waals surface area contributed by atoms with Crippen LogP contribution in [0, 0.1) is 0 Å². The molecule has 0 aliphatic rings. The van der Waals surface area contributed by atoms with Crippen molar-refractivity contribution in [1.29, 1.82) is 0 Å². The molecule has 5 nitrogen and oxygen atoms in total. The lowest BCUT2D eigenvalue weighted by molar-refractivity contribution is -0.137. The molecule has 0 saturated heterocycles. The maximum Gasteiger partial charge on any atom is 0.389 e. The summed E-state index contributed by atoms with van der Waals surface area (Å²) in [5.41, 5.74) is 0. The molecule has 1 unspecified atom stereocenters. The molecule has 8 heteroatoms. The number of urea groups is 1. The van der Waals surface area contributed by atoms with Gasteiger partial charge in [0.05, 0.1) is 0 Å². The van der Waals surface area contributed by atoms with Crippen molar-refractivity contribution < 1.29 is 27.9 Å². The fourth-order valence-corrected chi connectivity index (χ4v) is 1.34. The number of aliphatic carboxylic acids is 1. The largest absolute Gasteiger partial charge is 0.481 e. The van der Waals surface area contributed by atoms with Crippen LogP contribution in [-0.4, -0.2) is 35.9 Å². The van der Waals surface area contributed by atoms with Crippen molar-refractivity contribution in [2.75, 3.05) is 6.54 Å². The molecule has 2 amide bonds. The molecule has 0 aromatic rings. The molecule has 0 rings (SSSR count). The zero-order valence-electron chi connectivity index (χ0n) is 10.7. The Labute approximate surface area is 109 Å². The smallest absolute Gasteiger partial charge is 0.389 e. The van der Waals surface area contributed by atoms with Crippen molar-refractivity contribution in [3.05, 3.63) is 0 Å². The monoisotopic (exact) mass is 284 g/mol. The summed E-state index contributed by atoms with van der Waals surface area (Å²) in [6.45, 7) is 1.82. The maximum atomic E-state index is 11.8. The Kier molecular flexibility index (Phi) is 7.94. The number of carbonyl (C=O) groups excluding carboxylic acids is 1. The highest BCUT2D eigenvalue weighted by atomic mass is 19.4. The fourth-order valence-electron chi connectivity index (χ4n) is 1.34. The van der Waals surface area contributed by atoms with E-state index in [0.717, 1.165) is 0 Å². The molecule has 0 fully saturated rings. The van der Waals surface area contributed by atoms with Gasteiger partial charge in [0.2, 0.25) is 0 Å². The first-order valence-electron chi connectivity index (χ1n) is 6.03. The van der Waals surface area contributed by atoms with Gasteiger partial charge in [0.15, 0.2) is 0 Å². The van der Waals surface area contributed by atoms with Gasteiger partial charge >= 0.3 is 18.2 Å². The highest BCUT2D eigenvalue weighted by Crippen LogP contribution is 2.21. The predicted molar refractivity (Wildman–Crippen MR) is 62.8 cm³/mol. The molecule has 1 atom stereocenters. The molecule has 0 saturated carbocycles. The van der Waals surface area contributed by atoms with Crippen LogP contribution in [0.5, 0.6) is 0 Å². The van der Waals surface area contributed by atoms with Crippen LogP contribution < -0.4 is 10.6 Å². The first-order valence-corrected chi connectivity index (χ1v) is 6.03. The molecule has 0 aromatic heterocycles. The van der Waals surface area contributed by atoms with Crippen LogP contribution >= 0.6 is 0 Å². The van der Waals surface area contributed by atoms with Crippen molar-refractivity contribution in [2.45, 2.75) is 51.2 Å². The van der Waals surface area contributed by atoms with Crippen LogP contribution in [0.15, 0.2) is 0 Å². The third-order valence-corrected chi connectivity index (χ3v) is 2.34. The minimum absolute atomic E-state index is 0.0294. The van der Waals surface area contributed by atoms with Crippen molar-refractivity contribution in [2.24, 2.45) is 0 Å². The number of carboxylic acids is 1. The number of alkyl halides is 3. The van der Waals surface area contributed by atoms with Gasteiger partial charge in [-0.3, -0.25) is 4.79 Å². The van der Waals surface area contributed by atoms with Crippen molar-refractivity contribution in [3.63, 3.8) is 0 Å². The minimum atomic E-state index is -4.16. The Balaban J connectivity index is 3.56. The SMILES string of the molecule is CC(CCC(=O)O)NC(=O)NCCCCC(F)(F)F. The van der Waals surface area contributed by atoms with Gasteiger partial charge in [-0.25, -0.2) is 4.79 Å². The summed E-state index contributed by atoms with van der Waals surface area (Å²) in [5, 5.41) is 13.4. The number of unbranched alkanes of at least 4 members (excludes halogenated alkanes) is 1. The Hall–Kier alpha value is -1.47. The molecule has 3 N–H and O–H groups in total. The van der Waals surface area contributed by atoms with Crippen LogP contribution in [0.1, 0.15) is 39.0 Å². The van der Waals surface area contributed by atoms with Gasteiger partial charge in [-0.1, -0.05) is 0 Å². The molecular formula is C11H19F3N2O3. The van der Waals surface area contributed by atoms with Gasteiger partial charge in [-0.05, 0) is 26.2 Å². The molecule has 0 heterocycles. The summed E-state index contributed by atoms with van der Waals surface area (Å²) in [6, 6.07) is -0.795. The average Bonchev–Trinajstić information content (AvgIpc) is 2.24. The summed E-state index contributed by atoms with van der Waals surface area (Å²) in [5.74, 6) is -0.943. The second-order valence-electron chi connectivity index (χ2n) is 4.31. The van der Waals surface area contributed by atoms with E-state index >= 15 is 0 Å². The number of nitrogens with one attached hydrogen (secondary N) is 2. The fraction of sp³-hybridized carbons (Fsp3) is 0.818. The molecule has 112 valence electrons. The van der Waals surface area contributed by atoms with E-state index in [-0.39, 0.29) is 31.8 Å². The average molecular weight is 284 g/mol. The van der Waals surface area contributed by atoms with E-state index in [2.05, 4.69) is 10.6 Å². The van der Waals surface area contributed by atoms with E-state index in [4.69, 9.17) is 5.11 Å². The van der Waals surface area contributed by atoms with Gasteiger partial charge in [-0.2, -0.15) is 13.2 Å². The number of carbonyl (C=O) groups is 2. The number of rotatable bonds is 8. The first kappa shape index (κ1) is 17.5. The van der Waals surface area contributed by atoms with Gasteiger partial charge in [-0.15, -0.1) is 0 Å². The molecule has 19 heavy (non-hydrogen) atoms. The van der Waals surface area contributed by atoms with E-state index < -0.39 is 24.6 Å². The standard InChI is InChI=1S/C11H19F3N2O3/c1-8(4-5-9(17)18)16-10(19)15-7-3-2-6-11(12,13)14/h8H,2-7H2,1H3,(H,17,18)(H2,15,16,19). The van der Waals surface area contributed by atoms with Crippen LogP contribution in [-0.2, 0) is 4.79 Å². The van der Waals surface area contributed by atoms with Crippen molar-refractivity contribution in [3.8, 4) is 0 Å². The number of amides is 2. The summed E-state index contributed by atoms with van der Waals surface area (Å²) >= 11 is 0. The van der Waals surface area contributed by atoms with E-state index in [1.54, 1.807) is 6.92 Å². The molecule has 0 radical (unpaired) electrons.